The van der Waals surface area contributed by atoms with Gasteiger partial charge >= 0.3 is 0 Å². The van der Waals surface area contributed by atoms with Crippen LogP contribution in [0.1, 0.15) is 46.5 Å². The summed E-state index contributed by atoms with van der Waals surface area (Å²) >= 11 is 0. The largest absolute Gasteiger partial charge is 0.355 e. The smallest absolute Gasteiger partial charge is 0.220 e. The quantitative estimate of drug-likeness (QED) is 0.702. The minimum absolute atomic E-state index is 0.111. The van der Waals surface area contributed by atoms with Gasteiger partial charge in [-0.15, -0.1) is 0 Å². The first kappa shape index (κ1) is 14.5. The number of carbonyl (C=O) groups is 1. The first-order chi connectivity index (χ1) is 7.79. The number of nitrogens with one attached hydrogen (secondary N) is 1. The molecule has 1 amide bonds. The molecule has 0 saturated heterocycles. The van der Waals surface area contributed by atoms with Crippen molar-refractivity contribution in [1.82, 2.24) is 10.2 Å². The van der Waals surface area contributed by atoms with Gasteiger partial charge in [-0.25, -0.2) is 0 Å². The van der Waals surface area contributed by atoms with E-state index in [9.17, 15) is 4.79 Å². The van der Waals surface area contributed by atoms with E-state index in [1.165, 1.54) is 12.8 Å². The fraction of sp³-hybridized carbons (Fsp3) is 0.923. The van der Waals surface area contributed by atoms with E-state index in [0.29, 0.717) is 12.5 Å². The predicted octanol–water partition coefficient (Wildman–Crippen LogP) is 1.10. The molecule has 1 unspecified atom stereocenters. The van der Waals surface area contributed by atoms with Crippen LogP contribution in [0, 0.1) is 0 Å². The third kappa shape index (κ3) is 6.03. The monoisotopic (exact) mass is 241 g/mol. The predicted molar refractivity (Wildman–Crippen MR) is 70.8 cm³/mol. The third-order valence-corrected chi connectivity index (χ3v) is 3.41. The van der Waals surface area contributed by atoms with Crippen molar-refractivity contribution in [3.05, 3.63) is 0 Å². The number of nitrogens with two attached hydrogens (primary N) is 1. The number of nitrogens with zero attached hydrogens (tertiary/aromatic N) is 1. The van der Waals surface area contributed by atoms with Gasteiger partial charge in [-0.3, -0.25) is 9.69 Å². The second-order valence-electron chi connectivity index (χ2n) is 6.04. The second-order valence-corrected chi connectivity index (χ2v) is 6.04. The summed E-state index contributed by atoms with van der Waals surface area (Å²) < 4.78 is 0. The Morgan fingerprint density at radius 2 is 2.12 bits per heavy atom. The van der Waals surface area contributed by atoms with Crippen molar-refractivity contribution >= 4 is 5.91 Å². The van der Waals surface area contributed by atoms with E-state index in [4.69, 9.17) is 5.73 Å². The van der Waals surface area contributed by atoms with Crippen LogP contribution in [0.3, 0.4) is 0 Å². The lowest BCUT2D eigenvalue weighted by molar-refractivity contribution is -0.121. The third-order valence-electron chi connectivity index (χ3n) is 3.41. The summed E-state index contributed by atoms with van der Waals surface area (Å²) in [6.45, 7) is 6.79. The van der Waals surface area contributed by atoms with Crippen LogP contribution < -0.4 is 11.1 Å². The number of hydrogen-bond donors (Lipinski definition) is 2. The Labute approximate surface area is 105 Å². The highest BCUT2D eigenvalue weighted by molar-refractivity contribution is 5.75. The second kappa shape index (κ2) is 5.83. The summed E-state index contributed by atoms with van der Waals surface area (Å²) in [5.41, 5.74) is 5.59. The molecular weight excluding hydrogens is 214 g/mol. The summed E-state index contributed by atoms with van der Waals surface area (Å²) in [6, 6.07) is 1.15. The summed E-state index contributed by atoms with van der Waals surface area (Å²) in [6.07, 6.45) is 3.85. The Hall–Kier alpha value is -0.610. The maximum absolute atomic E-state index is 11.6. The molecule has 4 heteroatoms. The van der Waals surface area contributed by atoms with Crippen LogP contribution in [0.15, 0.2) is 0 Å². The molecule has 0 aromatic carbocycles. The summed E-state index contributed by atoms with van der Waals surface area (Å²) in [4.78, 5) is 14.0. The molecule has 3 N–H and O–H groups in total. The average Bonchev–Trinajstić information content (AvgIpc) is 3.04. The van der Waals surface area contributed by atoms with Crippen LogP contribution in [0.25, 0.3) is 0 Å². The SMILES string of the molecule is CC(CNC(=O)CCC(C)(C)N)N(C)C1CC1. The maximum Gasteiger partial charge on any atom is 0.220 e. The van der Waals surface area contributed by atoms with E-state index in [1.807, 2.05) is 13.8 Å². The molecule has 1 aliphatic carbocycles. The van der Waals surface area contributed by atoms with Crippen LogP contribution in [0.5, 0.6) is 0 Å². The number of hydrogen-bond acceptors (Lipinski definition) is 3. The van der Waals surface area contributed by atoms with E-state index >= 15 is 0 Å². The molecular formula is C13H27N3O. The Kier molecular flexibility index (Phi) is 4.95. The van der Waals surface area contributed by atoms with Crippen LogP contribution in [0.4, 0.5) is 0 Å². The van der Waals surface area contributed by atoms with Crippen LogP contribution in [-0.2, 0) is 4.79 Å². The van der Waals surface area contributed by atoms with E-state index in [0.717, 1.165) is 19.0 Å². The summed E-state index contributed by atoms with van der Waals surface area (Å²) in [5.74, 6) is 0.111. The molecule has 17 heavy (non-hydrogen) atoms. The molecule has 1 atom stereocenters. The molecule has 0 aromatic heterocycles. The van der Waals surface area contributed by atoms with Gasteiger partial charge in [0, 0.05) is 30.6 Å². The van der Waals surface area contributed by atoms with Crippen molar-refractivity contribution < 1.29 is 4.79 Å². The van der Waals surface area contributed by atoms with Crippen molar-refractivity contribution in [3.63, 3.8) is 0 Å². The van der Waals surface area contributed by atoms with Gasteiger partial charge in [-0.05, 0) is 47.1 Å². The van der Waals surface area contributed by atoms with Gasteiger partial charge in [0.15, 0.2) is 0 Å². The normalized spacial score (nSPS) is 18.2. The zero-order chi connectivity index (χ0) is 13.1. The molecule has 100 valence electrons. The lowest BCUT2D eigenvalue weighted by Crippen LogP contribution is -2.42. The first-order valence-electron chi connectivity index (χ1n) is 6.57. The molecule has 4 nitrogen and oxygen atoms in total. The Balaban J connectivity index is 2.14. The molecule has 0 heterocycles. The first-order valence-corrected chi connectivity index (χ1v) is 6.57. The molecule has 0 aromatic rings. The topological polar surface area (TPSA) is 58.4 Å². The van der Waals surface area contributed by atoms with Gasteiger partial charge in [-0.2, -0.15) is 0 Å². The van der Waals surface area contributed by atoms with Gasteiger partial charge in [0.2, 0.25) is 5.91 Å². The van der Waals surface area contributed by atoms with Crippen molar-refractivity contribution in [2.24, 2.45) is 5.73 Å². The van der Waals surface area contributed by atoms with Gasteiger partial charge in [0.1, 0.15) is 0 Å². The number of likely N-dealkylation sites (N-methyl/N-ethyl adjacent to an activating group) is 1. The zero-order valence-electron chi connectivity index (χ0n) is 11.6. The zero-order valence-corrected chi connectivity index (χ0v) is 11.6. The fourth-order valence-corrected chi connectivity index (χ4v) is 1.77. The summed E-state index contributed by atoms with van der Waals surface area (Å²) in [5, 5.41) is 2.98. The molecule has 1 fully saturated rings. The highest BCUT2D eigenvalue weighted by atomic mass is 16.1. The molecule has 0 spiro atoms. The highest BCUT2D eigenvalue weighted by Crippen LogP contribution is 2.26. The Morgan fingerprint density at radius 3 is 2.59 bits per heavy atom. The summed E-state index contributed by atoms with van der Waals surface area (Å²) in [7, 11) is 2.14. The van der Waals surface area contributed by atoms with Crippen LogP contribution >= 0.6 is 0 Å². The molecule has 0 radical (unpaired) electrons. The lowest BCUT2D eigenvalue weighted by atomic mass is 10.00. The maximum atomic E-state index is 11.6. The van der Waals surface area contributed by atoms with Crippen molar-refractivity contribution in [2.45, 2.75) is 64.1 Å². The van der Waals surface area contributed by atoms with E-state index in [2.05, 4.69) is 24.2 Å². The molecule has 1 rings (SSSR count). The van der Waals surface area contributed by atoms with E-state index < -0.39 is 0 Å². The van der Waals surface area contributed by atoms with Crippen molar-refractivity contribution in [1.29, 1.82) is 0 Å². The fourth-order valence-electron chi connectivity index (χ4n) is 1.77. The number of rotatable bonds is 7. The van der Waals surface area contributed by atoms with Crippen LogP contribution in [0.2, 0.25) is 0 Å². The Bertz CT molecular complexity index is 256. The minimum Gasteiger partial charge on any atom is -0.355 e. The van der Waals surface area contributed by atoms with Gasteiger partial charge < -0.3 is 11.1 Å². The molecule has 1 saturated carbocycles. The van der Waals surface area contributed by atoms with E-state index in [1.54, 1.807) is 0 Å². The van der Waals surface area contributed by atoms with Crippen molar-refractivity contribution in [2.75, 3.05) is 13.6 Å². The average molecular weight is 241 g/mol. The highest BCUT2D eigenvalue weighted by Gasteiger charge is 2.29. The van der Waals surface area contributed by atoms with Gasteiger partial charge in [0.05, 0.1) is 0 Å². The number of amides is 1. The molecule has 0 bridgehead atoms. The molecule has 1 aliphatic rings. The molecule has 0 aliphatic heterocycles. The van der Waals surface area contributed by atoms with Crippen LogP contribution in [-0.4, -0.2) is 42.0 Å². The minimum atomic E-state index is -0.256. The van der Waals surface area contributed by atoms with Gasteiger partial charge in [-0.1, -0.05) is 0 Å². The number of carbonyl (C=O) groups excluding carboxylic acids is 1. The van der Waals surface area contributed by atoms with E-state index in [-0.39, 0.29) is 11.4 Å². The van der Waals surface area contributed by atoms with Crippen molar-refractivity contribution in [3.8, 4) is 0 Å². The lowest BCUT2D eigenvalue weighted by Gasteiger charge is -2.25. The Morgan fingerprint density at radius 1 is 1.53 bits per heavy atom. The standard InChI is InChI=1S/C13H27N3O/c1-10(16(4)11-5-6-11)9-15-12(17)7-8-13(2,3)14/h10-11H,5-9,14H2,1-4H3,(H,15,17). The van der Waals surface area contributed by atoms with Gasteiger partial charge in [0.25, 0.3) is 0 Å².